The number of halogens is 3. The van der Waals surface area contributed by atoms with E-state index >= 15 is 0 Å². The van der Waals surface area contributed by atoms with Crippen molar-refractivity contribution in [2.75, 3.05) is 0 Å². The second-order valence-electron chi connectivity index (χ2n) is 5.93. The minimum absolute atomic E-state index is 0.00294. The van der Waals surface area contributed by atoms with Crippen molar-refractivity contribution in [3.8, 4) is 16.9 Å². The van der Waals surface area contributed by atoms with E-state index in [2.05, 4.69) is 14.9 Å². The molecule has 0 saturated carbocycles. The van der Waals surface area contributed by atoms with Crippen LogP contribution in [0.25, 0.3) is 11.1 Å². The number of nitrogens with zero attached hydrogens (tertiary/aromatic N) is 1. The van der Waals surface area contributed by atoms with Crippen molar-refractivity contribution in [2.45, 2.75) is 19.7 Å². The van der Waals surface area contributed by atoms with Crippen LogP contribution in [0.3, 0.4) is 0 Å². The Bertz CT molecular complexity index is 946. The summed E-state index contributed by atoms with van der Waals surface area (Å²) in [5.41, 5.74) is 3.75. The largest absolute Gasteiger partial charge is 0.573 e. The second kappa shape index (κ2) is 7.14. The third kappa shape index (κ3) is 4.46. The molecule has 0 radical (unpaired) electrons. The van der Waals surface area contributed by atoms with Crippen molar-refractivity contribution in [1.82, 2.24) is 10.2 Å². The van der Waals surface area contributed by atoms with Crippen molar-refractivity contribution in [3.05, 3.63) is 71.0 Å². The molecule has 0 atom stereocenters. The number of carboxylic acids is 1. The van der Waals surface area contributed by atoms with Crippen LogP contribution >= 0.6 is 0 Å². The number of aromatic amines is 1. The summed E-state index contributed by atoms with van der Waals surface area (Å²) in [7, 11) is 0. The highest BCUT2D eigenvalue weighted by Gasteiger charge is 2.30. The van der Waals surface area contributed by atoms with Gasteiger partial charge in [-0.1, -0.05) is 36.4 Å². The Hall–Kier alpha value is -3.29. The predicted octanol–water partition coefficient (Wildman–Crippen LogP) is 4.57. The van der Waals surface area contributed by atoms with E-state index in [1.165, 1.54) is 12.1 Å². The maximum absolute atomic E-state index is 12.2. The molecule has 0 aliphatic carbocycles. The zero-order chi connectivity index (χ0) is 19.6. The molecule has 3 aromatic rings. The summed E-state index contributed by atoms with van der Waals surface area (Å²) in [4.78, 5) is 11.2. The summed E-state index contributed by atoms with van der Waals surface area (Å²) >= 11 is 0. The zero-order valence-electron chi connectivity index (χ0n) is 14.2. The summed E-state index contributed by atoms with van der Waals surface area (Å²) in [5.74, 6) is -1.37. The number of carbonyl (C=O) groups is 1. The van der Waals surface area contributed by atoms with Gasteiger partial charge in [0.05, 0.1) is 0 Å². The molecule has 2 aromatic carbocycles. The molecule has 140 valence electrons. The Morgan fingerprint density at radius 2 is 1.63 bits per heavy atom. The Balaban J connectivity index is 1.76. The molecule has 0 fully saturated rings. The van der Waals surface area contributed by atoms with Crippen LogP contribution in [0, 0.1) is 6.92 Å². The predicted molar refractivity (Wildman–Crippen MR) is 91.7 cm³/mol. The standard InChI is InChI=1S/C19H15F3N2O3/c1-11-16(17(18(25)26)24-23-11)10-12-2-4-13(5-3-12)14-6-8-15(9-7-14)27-19(20,21)22/h2-9H,10H2,1H3,(H,23,24)(H,25,26). The van der Waals surface area contributed by atoms with Crippen molar-refractivity contribution >= 4 is 5.97 Å². The van der Waals surface area contributed by atoms with Gasteiger partial charge < -0.3 is 9.84 Å². The fourth-order valence-electron chi connectivity index (χ4n) is 2.71. The van der Waals surface area contributed by atoms with Gasteiger partial charge in [-0.3, -0.25) is 5.10 Å². The van der Waals surface area contributed by atoms with Gasteiger partial charge in [0.25, 0.3) is 0 Å². The summed E-state index contributed by atoms with van der Waals surface area (Å²) in [6, 6.07) is 12.9. The first-order valence-electron chi connectivity index (χ1n) is 7.95. The number of benzene rings is 2. The van der Waals surface area contributed by atoms with E-state index < -0.39 is 12.3 Å². The summed E-state index contributed by atoms with van der Waals surface area (Å²) < 4.78 is 40.5. The van der Waals surface area contributed by atoms with Crippen LogP contribution in [0.2, 0.25) is 0 Å². The average molecular weight is 376 g/mol. The molecule has 0 saturated heterocycles. The molecule has 0 amide bonds. The molecule has 27 heavy (non-hydrogen) atoms. The van der Waals surface area contributed by atoms with Crippen LogP contribution < -0.4 is 4.74 Å². The maximum Gasteiger partial charge on any atom is 0.573 e. The number of rotatable bonds is 5. The number of aromatic nitrogens is 2. The van der Waals surface area contributed by atoms with Gasteiger partial charge in [0, 0.05) is 17.7 Å². The second-order valence-corrected chi connectivity index (χ2v) is 5.93. The number of H-pyrrole nitrogens is 1. The van der Waals surface area contributed by atoms with Gasteiger partial charge in [-0.2, -0.15) is 5.10 Å². The van der Waals surface area contributed by atoms with Crippen LogP contribution in [0.15, 0.2) is 48.5 Å². The van der Waals surface area contributed by atoms with E-state index in [0.717, 1.165) is 16.7 Å². The maximum atomic E-state index is 12.2. The number of alkyl halides is 3. The lowest BCUT2D eigenvalue weighted by Gasteiger charge is -2.10. The van der Waals surface area contributed by atoms with Crippen molar-refractivity contribution in [1.29, 1.82) is 0 Å². The van der Waals surface area contributed by atoms with Crippen LogP contribution in [0.5, 0.6) is 5.75 Å². The van der Waals surface area contributed by atoms with Crippen LogP contribution in [-0.4, -0.2) is 27.6 Å². The SMILES string of the molecule is Cc1[nH]nc(C(=O)O)c1Cc1ccc(-c2ccc(OC(F)(F)F)cc2)cc1. The Morgan fingerprint density at radius 1 is 1.07 bits per heavy atom. The van der Waals surface area contributed by atoms with Crippen molar-refractivity contribution in [2.24, 2.45) is 0 Å². The van der Waals surface area contributed by atoms with Gasteiger partial charge in [0.2, 0.25) is 0 Å². The Labute approximate surface area is 152 Å². The molecule has 2 N–H and O–H groups in total. The highest BCUT2D eigenvalue weighted by atomic mass is 19.4. The molecular weight excluding hydrogens is 361 g/mol. The number of nitrogens with one attached hydrogen (secondary N) is 1. The molecule has 5 nitrogen and oxygen atoms in total. The quantitative estimate of drug-likeness (QED) is 0.684. The normalized spacial score (nSPS) is 11.4. The lowest BCUT2D eigenvalue weighted by Crippen LogP contribution is -2.16. The number of aryl methyl sites for hydroxylation is 1. The van der Waals surface area contributed by atoms with E-state index in [1.54, 1.807) is 19.1 Å². The van der Waals surface area contributed by atoms with Gasteiger partial charge in [-0.05, 0) is 35.7 Å². The third-order valence-corrected chi connectivity index (χ3v) is 4.03. The lowest BCUT2D eigenvalue weighted by atomic mass is 9.99. The monoisotopic (exact) mass is 376 g/mol. The number of ether oxygens (including phenoxy) is 1. The topological polar surface area (TPSA) is 75.2 Å². The Morgan fingerprint density at radius 3 is 2.15 bits per heavy atom. The van der Waals surface area contributed by atoms with Gasteiger partial charge in [0.15, 0.2) is 5.69 Å². The first-order valence-corrected chi connectivity index (χ1v) is 7.95. The third-order valence-electron chi connectivity index (χ3n) is 4.03. The molecule has 0 spiro atoms. The minimum atomic E-state index is -4.72. The summed E-state index contributed by atoms with van der Waals surface area (Å²) in [6.45, 7) is 1.76. The van der Waals surface area contributed by atoms with E-state index in [-0.39, 0.29) is 11.4 Å². The number of aromatic carboxylic acids is 1. The van der Waals surface area contributed by atoms with Gasteiger partial charge >= 0.3 is 12.3 Å². The molecule has 3 rings (SSSR count). The average Bonchev–Trinajstić information content (AvgIpc) is 2.96. The van der Waals surface area contributed by atoms with E-state index in [0.29, 0.717) is 17.7 Å². The van der Waals surface area contributed by atoms with E-state index in [4.69, 9.17) is 0 Å². The molecule has 0 unspecified atom stereocenters. The fraction of sp³-hybridized carbons (Fsp3) is 0.158. The Kier molecular flexibility index (Phi) is 4.89. The van der Waals surface area contributed by atoms with Gasteiger partial charge in [0.1, 0.15) is 5.75 Å². The molecule has 0 aliphatic heterocycles. The fourth-order valence-corrected chi connectivity index (χ4v) is 2.71. The first kappa shape index (κ1) is 18.5. The highest BCUT2D eigenvalue weighted by molar-refractivity contribution is 5.87. The first-order chi connectivity index (χ1) is 12.7. The smallest absolute Gasteiger partial charge is 0.476 e. The van der Waals surface area contributed by atoms with Crippen LogP contribution in [-0.2, 0) is 6.42 Å². The summed E-state index contributed by atoms with van der Waals surface area (Å²) in [6.07, 6.45) is -4.31. The summed E-state index contributed by atoms with van der Waals surface area (Å²) in [5, 5.41) is 15.6. The molecule has 0 aliphatic rings. The molecule has 8 heteroatoms. The van der Waals surface area contributed by atoms with Crippen LogP contribution in [0.4, 0.5) is 13.2 Å². The van der Waals surface area contributed by atoms with E-state index in [9.17, 15) is 23.1 Å². The van der Waals surface area contributed by atoms with Crippen molar-refractivity contribution < 1.29 is 27.8 Å². The molecular formula is C19H15F3N2O3. The minimum Gasteiger partial charge on any atom is -0.476 e. The van der Waals surface area contributed by atoms with E-state index in [1.807, 2.05) is 24.3 Å². The van der Waals surface area contributed by atoms with Gasteiger partial charge in [-0.15, -0.1) is 13.2 Å². The molecule has 0 bridgehead atoms. The zero-order valence-corrected chi connectivity index (χ0v) is 14.2. The highest BCUT2D eigenvalue weighted by Crippen LogP contribution is 2.27. The van der Waals surface area contributed by atoms with Crippen molar-refractivity contribution in [3.63, 3.8) is 0 Å². The number of carboxylic acid groups (broad SMARTS) is 1. The lowest BCUT2D eigenvalue weighted by molar-refractivity contribution is -0.274. The van der Waals surface area contributed by atoms with Gasteiger partial charge in [-0.25, -0.2) is 4.79 Å². The molecule has 1 aromatic heterocycles. The number of hydrogen-bond donors (Lipinski definition) is 2. The van der Waals surface area contributed by atoms with Crippen LogP contribution in [0.1, 0.15) is 27.3 Å². The molecule has 1 heterocycles. The number of hydrogen-bond acceptors (Lipinski definition) is 3.